The molecule has 104 valence electrons. The summed E-state index contributed by atoms with van der Waals surface area (Å²) in [5.41, 5.74) is -0.762. The van der Waals surface area contributed by atoms with E-state index in [1.54, 1.807) is 18.7 Å². The molecule has 1 fully saturated rings. The zero-order valence-corrected chi connectivity index (χ0v) is 11.5. The summed E-state index contributed by atoms with van der Waals surface area (Å²) in [4.78, 5) is 25.4. The van der Waals surface area contributed by atoms with Crippen molar-refractivity contribution >= 4 is 11.9 Å². The molecule has 1 saturated heterocycles. The summed E-state index contributed by atoms with van der Waals surface area (Å²) in [6.07, 6.45) is 2.41. The highest BCUT2D eigenvalue weighted by atomic mass is 16.5. The third-order valence-electron chi connectivity index (χ3n) is 3.08. The Bertz CT molecular complexity index is 297. The summed E-state index contributed by atoms with van der Waals surface area (Å²) in [5, 5.41) is 0. The van der Waals surface area contributed by atoms with Gasteiger partial charge in [0.15, 0.2) is 0 Å². The summed E-state index contributed by atoms with van der Waals surface area (Å²) < 4.78 is 10.4. The maximum atomic E-state index is 12.4. The number of esters is 1. The van der Waals surface area contributed by atoms with Crippen LogP contribution < -0.4 is 0 Å². The molecular formula is C13H23NO4. The number of ether oxygens (including phenoxy) is 2. The van der Waals surface area contributed by atoms with Crippen LogP contribution in [-0.2, 0) is 19.1 Å². The van der Waals surface area contributed by atoms with E-state index in [1.165, 1.54) is 0 Å². The van der Waals surface area contributed by atoms with Gasteiger partial charge in [-0.05, 0) is 33.1 Å². The van der Waals surface area contributed by atoms with Gasteiger partial charge < -0.3 is 14.4 Å². The van der Waals surface area contributed by atoms with Crippen molar-refractivity contribution in [3.05, 3.63) is 0 Å². The van der Waals surface area contributed by atoms with Crippen molar-refractivity contribution in [2.45, 2.75) is 45.6 Å². The molecule has 1 amide bonds. The third kappa shape index (κ3) is 3.70. The lowest BCUT2D eigenvalue weighted by molar-refractivity contribution is -0.158. The molecule has 5 nitrogen and oxygen atoms in total. The Balaban J connectivity index is 2.65. The van der Waals surface area contributed by atoms with Gasteiger partial charge in [0.05, 0.1) is 6.61 Å². The number of amides is 1. The Kier molecular flexibility index (Phi) is 5.59. The van der Waals surface area contributed by atoms with Crippen molar-refractivity contribution in [1.82, 2.24) is 4.90 Å². The van der Waals surface area contributed by atoms with Gasteiger partial charge in [-0.15, -0.1) is 0 Å². The van der Waals surface area contributed by atoms with Crippen LogP contribution in [0.3, 0.4) is 0 Å². The topological polar surface area (TPSA) is 55.8 Å². The summed E-state index contributed by atoms with van der Waals surface area (Å²) in [6, 6.07) is 0. The van der Waals surface area contributed by atoms with Crippen LogP contribution in [0.1, 0.15) is 40.0 Å². The van der Waals surface area contributed by atoms with E-state index in [-0.39, 0.29) is 18.4 Å². The third-order valence-corrected chi connectivity index (χ3v) is 3.08. The van der Waals surface area contributed by atoms with Crippen molar-refractivity contribution in [2.24, 2.45) is 0 Å². The van der Waals surface area contributed by atoms with Crippen LogP contribution in [0.15, 0.2) is 0 Å². The lowest BCUT2D eigenvalue weighted by Gasteiger charge is -2.30. The fourth-order valence-electron chi connectivity index (χ4n) is 2.17. The Labute approximate surface area is 108 Å². The van der Waals surface area contributed by atoms with Crippen LogP contribution in [0, 0.1) is 0 Å². The van der Waals surface area contributed by atoms with Crippen LogP contribution in [0.5, 0.6) is 0 Å². The van der Waals surface area contributed by atoms with Gasteiger partial charge in [-0.1, -0.05) is 6.92 Å². The maximum Gasteiger partial charge on any atom is 0.325 e. The summed E-state index contributed by atoms with van der Waals surface area (Å²) >= 11 is 0. The molecule has 1 heterocycles. The zero-order chi connectivity index (χ0) is 13.6. The molecule has 0 N–H and O–H groups in total. The lowest BCUT2D eigenvalue weighted by Crippen LogP contribution is -2.49. The van der Waals surface area contributed by atoms with E-state index < -0.39 is 5.60 Å². The Morgan fingerprint density at radius 2 is 2.11 bits per heavy atom. The molecular weight excluding hydrogens is 234 g/mol. The molecule has 0 bridgehead atoms. The smallest absolute Gasteiger partial charge is 0.325 e. The zero-order valence-electron chi connectivity index (χ0n) is 11.5. The van der Waals surface area contributed by atoms with Crippen molar-refractivity contribution in [1.29, 1.82) is 0 Å². The normalized spacial score (nSPS) is 22.8. The molecule has 5 heteroatoms. The van der Waals surface area contributed by atoms with Crippen LogP contribution >= 0.6 is 0 Å². The molecule has 1 unspecified atom stereocenters. The minimum Gasteiger partial charge on any atom is -0.465 e. The Morgan fingerprint density at radius 3 is 2.61 bits per heavy atom. The second kappa shape index (κ2) is 6.73. The van der Waals surface area contributed by atoms with Gasteiger partial charge >= 0.3 is 5.97 Å². The standard InChI is InChI=1S/C13H23NO4/c1-4-8-14(10-11(15)17-5-2)12(16)13(3)7-6-9-18-13/h4-10H2,1-3H3. The highest BCUT2D eigenvalue weighted by molar-refractivity contribution is 5.88. The Hall–Kier alpha value is -1.10. The minimum atomic E-state index is -0.762. The number of hydrogen-bond acceptors (Lipinski definition) is 4. The molecule has 1 atom stereocenters. The minimum absolute atomic E-state index is 0.0134. The predicted molar refractivity (Wildman–Crippen MR) is 67.1 cm³/mol. The average molecular weight is 257 g/mol. The van der Waals surface area contributed by atoms with Crippen LogP contribution in [0.2, 0.25) is 0 Å². The van der Waals surface area contributed by atoms with E-state index in [0.29, 0.717) is 19.8 Å². The van der Waals surface area contributed by atoms with Crippen molar-refractivity contribution in [3.8, 4) is 0 Å². The van der Waals surface area contributed by atoms with Crippen LogP contribution in [-0.4, -0.2) is 48.7 Å². The van der Waals surface area contributed by atoms with E-state index >= 15 is 0 Å². The SMILES string of the molecule is CCCN(CC(=O)OCC)C(=O)C1(C)CCCO1. The lowest BCUT2D eigenvalue weighted by atomic mass is 10.0. The maximum absolute atomic E-state index is 12.4. The number of hydrogen-bond donors (Lipinski definition) is 0. The second-order valence-corrected chi connectivity index (χ2v) is 4.71. The molecule has 0 aromatic carbocycles. The first kappa shape index (κ1) is 15.0. The van der Waals surface area contributed by atoms with Gasteiger partial charge in [0.2, 0.25) is 0 Å². The van der Waals surface area contributed by atoms with E-state index in [2.05, 4.69) is 0 Å². The summed E-state index contributed by atoms with van der Waals surface area (Å²) in [6.45, 7) is 7.04. The number of carbonyl (C=O) groups is 2. The first-order valence-electron chi connectivity index (χ1n) is 6.62. The first-order valence-corrected chi connectivity index (χ1v) is 6.62. The van der Waals surface area contributed by atoms with Gasteiger partial charge in [0.25, 0.3) is 5.91 Å². The van der Waals surface area contributed by atoms with Gasteiger partial charge in [0, 0.05) is 13.2 Å². The highest BCUT2D eigenvalue weighted by Gasteiger charge is 2.40. The number of carbonyl (C=O) groups excluding carboxylic acids is 2. The van der Waals surface area contributed by atoms with Crippen LogP contribution in [0.4, 0.5) is 0 Å². The molecule has 0 aromatic rings. The van der Waals surface area contributed by atoms with Crippen LogP contribution in [0.25, 0.3) is 0 Å². The Morgan fingerprint density at radius 1 is 1.39 bits per heavy atom. The molecule has 0 saturated carbocycles. The van der Waals surface area contributed by atoms with Gasteiger partial charge in [-0.2, -0.15) is 0 Å². The highest BCUT2D eigenvalue weighted by Crippen LogP contribution is 2.27. The van der Waals surface area contributed by atoms with E-state index in [0.717, 1.165) is 19.3 Å². The quantitative estimate of drug-likeness (QED) is 0.674. The van der Waals surface area contributed by atoms with Crippen molar-refractivity contribution in [3.63, 3.8) is 0 Å². The monoisotopic (exact) mass is 257 g/mol. The van der Waals surface area contributed by atoms with E-state index in [4.69, 9.17) is 9.47 Å². The van der Waals surface area contributed by atoms with Gasteiger partial charge in [0.1, 0.15) is 12.1 Å². The molecule has 0 aromatic heterocycles. The average Bonchev–Trinajstić information content (AvgIpc) is 2.76. The molecule has 1 aliphatic rings. The number of rotatable bonds is 6. The molecule has 18 heavy (non-hydrogen) atoms. The first-order chi connectivity index (χ1) is 8.53. The van der Waals surface area contributed by atoms with Gasteiger partial charge in [-0.3, -0.25) is 9.59 Å². The summed E-state index contributed by atoms with van der Waals surface area (Å²) in [7, 11) is 0. The predicted octanol–water partition coefficient (Wildman–Crippen LogP) is 1.36. The van der Waals surface area contributed by atoms with Crippen molar-refractivity contribution < 1.29 is 19.1 Å². The fraction of sp³-hybridized carbons (Fsp3) is 0.846. The molecule has 0 radical (unpaired) electrons. The molecule has 0 spiro atoms. The fourth-order valence-corrected chi connectivity index (χ4v) is 2.17. The molecule has 0 aliphatic carbocycles. The summed E-state index contributed by atoms with van der Waals surface area (Å²) in [5.74, 6) is -0.462. The molecule has 1 rings (SSSR count). The largest absolute Gasteiger partial charge is 0.465 e. The second-order valence-electron chi connectivity index (χ2n) is 4.71. The van der Waals surface area contributed by atoms with E-state index in [1.807, 2.05) is 6.92 Å². The molecule has 1 aliphatic heterocycles. The van der Waals surface area contributed by atoms with Gasteiger partial charge in [-0.25, -0.2) is 0 Å². The number of nitrogens with zero attached hydrogens (tertiary/aromatic N) is 1. The van der Waals surface area contributed by atoms with Crippen molar-refractivity contribution in [2.75, 3.05) is 26.3 Å². The van der Waals surface area contributed by atoms with E-state index in [9.17, 15) is 9.59 Å².